The van der Waals surface area contributed by atoms with E-state index in [1.54, 1.807) is 0 Å². The second-order valence-corrected chi connectivity index (χ2v) is 2.50. The third kappa shape index (κ3) is 7.31. The molecule has 0 heterocycles. The number of hydrogen-bond acceptors (Lipinski definition) is 3. The van der Waals surface area contributed by atoms with Gasteiger partial charge in [-0.3, -0.25) is 0 Å². The van der Waals surface area contributed by atoms with Crippen LogP contribution in [-0.2, 0) is 4.74 Å². The number of hydrogen-bond donors (Lipinski definition) is 1. The zero-order chi connectivity index (χ0) is 8.53. The quantitative estimate of drug-likeness (QED) is 0.581. The van der Waals surface area contributed by atoms with Gasteiger partial charge in [0.25, 0.3) is 0 Å². The van der Waals surface area contributed by atoms with Gasteiger partial charge in [0.1, 0.15) is 0 Å². The van der Waals surface area contributed by atoms with E-state index in [2.05, 4.69) is 11.4 Å². The van der Waals surface area contributed by atoms with Crippen LogP contribution < -0.4 is 5.32 Å². The van der Waals surface area contributed by atoms with Gasteiger partial charge in [0.2, 0.25) is 0 Å². The molecule has 0 aromatic rings. The molecule has 0 rings (SSSR count). The standard InChI is InChI=1S/C8H16N2O/c1-8(7-10-2)11-6-4-3-5-9/h8,10H,3-4,6-7H2,1-2H3. The predicted octanol–water partition coefficient (Wildman–Crippen LogP) is 0.915. The summed E-state index contributed by atoms with van der Waals surface area (Å²) in [6, 6.07) is 2.08. The third-order valence-corrected chi connectivity index (χ3v) is 1.33. The summed E-state index contributed by atoms with van der Waals surface area (Å²) >= 11 is 0. The van der Waals surface area contributed by atoms with Crippen molar-refractivity contribution in [1.29, 1.82) is 5.26 Å². The van der Waals surface area contributed by atoms with Gasteiger partial charge in [-0.1, -0.05) is 0 Å². The van der Waals surface area contributed by atoms with Crippen LogP contribution in [0.5, 0.6) is 0 Å². The summed E-state index contributed by atoms with van der Waals surface area (Å²) in [5, 5.41) is 11.2. The van der Waals surface area contributed by atoms with E-state index >= 15 is 0 Å². The fraction of sp³-hybridized carbons (Fsp3) is 0.875. The SMILES string of the molecule is CNCC(C)OCCCC#N. The topological polar surface area (TPSA) is 45.0 Å². The van der Waals surface area contributed by atoms with Gasteiger partial charge in [0, 0.05) is 19.6 Å². The molecule has 0 aromatic heterocycles. The number of ether oxygens (including phenoxy) is 1. The van der Waals surface area contributed by atoms with E-state index in [0.717, 1.165) is 13.0 Å². The lowest BCUT2D eigenvalue weighted by molar-refractivity contribution is 0.0662. The van der Waals surface area contributed by atoms with Crippen molar-refractivity contribution in [3.05, 3.63) is 0 Å². The molecule has 0 aliphatic carbocycles. The summed E-state index contributed by atoms with van der Waals surface area (Å²) in [6.45, 7) is 3.58. The van der Waals surface area contributed by atoms with Gasteiger partial charge in [0.05, 0.1) is 12.2 Å². The van der Waals surface area contributed by atoms with Crippen LogP contribution >= 0.6 is 0 Å². The third-order valence-electron chi connectivity index (χ3n) is 1.33. The lowest BCUT2D eigenvalue weighted by Gasteiger charge is -2.10. The fourth-order valence-electron chi connectivity index (χ4n) is 0.782. The highest BCUT2D eigenvalue weighted by atomic mass is 16.5. The molecule has 1 unspecified atom stereocenters. The van der Waals surface area contributed by atoms with Crippen molar-refractivity contribution in [3.63, 3.8) is 0 Å². The molecular weight excluding hydrogens is 140 g/mol. The lowest BCUT2D eigenvalue weighted by Crippen LogP contribution is -2.23. The molecule has 1 N–H and O–H groups in total. The Morgan fingerprint density at radius 3 is 2.91 bits per heavy atom. The largest absolute Gasteiger partial charge is 0.377 e. The van der Waals surface area contributed by atoms with E-state index in [4.69, 9.17) is 10.00 Å². The minimum atomic E-state index is 0.249. The van der Waals surface area contributed by atoms with E-state index in [9.17, 15) is 0 Å². The maximum absolute atomic E-state index is 8.22. The van der Waals surface area contributed by atoms with E-state index in [1.807, 2.05) is 14.0 Å². The Kier molecular flexibility index (Phi) is 7.11. The van der Waals surface area contributed by atoms with Crippen molar-refractivity contribution in [2.75, 3.05) is 20.2 Å². The number of nitrogens with zero attached hydrogens (tertiary/aromatic N) is 1. The van der Waals surface area contributed by atoms with Gasteiger partial charge in [-0.2, -0.15) is 5.26 Å². The average molecular weight is 156 g/mol. The number of likely N-dealkylation sites (N-methyl/N-ethyl adjacent to an activating group) is 1. The highest BCUT2D eigenvalue weighted by Gasteiger charge is 1.98. The molecule has 3 nitrogen and oxygen atoms in total. The minimum Gasteiger partial charge on any atom is -0.377 e. The van der Waals surface area contributed by atoms with Crippen LogP contribution in [0, 0.1) is 11.3 Å². The van der Waals surface area contributed by atoms with E-state index < -0.39 is 0 Å². The van der Waals surface area contributed by atoms with Crippen molar-refractivity contribution >= 4 is 0 Å². The molecule has 64 valence electrons. The van der Waals surface area contributed by atoms with Crippen LogP contribution in [0.2, 0.25) is 0 Å². The Balaban J connectivity index is 3.05. The zero-order valence-electron chi connectivity index (χ0n) is 7.26. The average Bonchev–Trinajstić information content (AvgIpc) is 1.99. The van der Waals surface area contributed by atoms with Gasteiger partial charge in [0.15, 0.2) is 0 Å². The van der Waals surface area contributed by atoms with Gasteiger partial charge >= 0.3 is 0 Å². The fourth-order valence-corrected chi connectivity index (χ4v) is 0.782. The molecule has 0 fully saturated rings. The first-order valence-corrected chi connectivity index (χ1v) is 3.94. The molecule has 0 radical (unpaired) electrons. The second kappa shape index (κ2) is 7.52. The Labute approximate surface area is 68.3 Å². The second-order valence-electron chi connectivity index (χ2n) is 2.50. The molecule has 0 bridgehead atoms. The van der Waals surface area contributed by atoms with Crippen LogP contribution in [-0.4, -0.2) is 26.3 Å². The van der Waals surface area contributed by atoms with Crippen molar-refractivity contribution < 1.29 is 4.74 Å². The van der Waals surface area contributed by atoms with Crippen molar-refractivity contribution in [1.82, 2.24) is 5.32 Å². The van der Waals surface area contributed by atoms with Crippen LogP contribution in [0.3, 0.4) is 0 Å². The molecule has 0 aliphatic heterocycles. The Bertz CT molecular complexity index is 120. The van der Waals surface area contributed by atoms with Crippen LogP contribution in [0.25, 0.3) is 0 Å². The van der Waals surface area contributed by atoms with Crippen molar-refractivity contribution in [2.24, 2.45) is 0 Å². The molecule has 11 heavy (non-hydrogen) atoms. The Morgan fingerprint density at radius 1 is 1.64 bits per heavy atom. The van der Waals surface area contributed by atoms with Crippen LogP contribution in [0.15, 0.2) is 0 Å². The predicted molar refractivity (Wildman–Crippen MR) is 44.2 cm³/mol. The first-order chi connectivity index (χ1) is 5.31. The number of rotatable bonds is 6. The van der Waals surface area contributed by atoms with Crippen LogP contribution in [0.1, 0.15) is 19.8 Å². The molecule has 0 spiro atoms. The van der Waals surface area contributed by atoms with Crippen molar-refractivity contribution in [3.8, 4) is 6.07 Å². The molecular formula is C8H16N2O. The Morgan fingerprint density at radius 2 is 2.36 bits per heavy atom. The molecule has 1 atom stereocenters. The highest BCUT2D eigenvalue weighted by Crippen LogP contribution is 1.92. The summed E-state index contributed by atoms with van der Waals surface area (Å²) < 4.78 is 5.37. The summed E-state index contributed by atoms with van der Waals surface area (Å²) in [7, 11) is 1.90. The highest BCUT2D eigenvalue weighted by molar-refractivity contribution is 4.67. The Hall–Kier alpha value is -0.590. The van der Waals surface area contributed by atoms with E-state index in [-0.39, 0.29) is 6.10 Å². The number of nitrogens with one attached hydrogen (secondary N) is 1. The number of unbranched alkanes of at least 4 members (excludes halogenated alkanes) is 1. The normalized spacial score (nSPS) is 12.5. The van der Waals surface area contributed by atoms with Gasteiger partial charge in [-0.05, 0) is 20.4 Å². The maximum Gasteiger partial charge on any atom is 0.0671 e. The van der Waals surface area contributed by atoms with Crippen molar-refractivity contribution in [2.45, 2.75) is 25.9 Å². The molecule has 0 saturated carbocycles. The molecule has 3 heteroatoms. The van der Waals surface area contributed by atoms with Gasteiger partial charge in [-0.25, -0.2) is 0 Å². The number of nitriles is 1. The summed E-state index contributed by atoms with van der Waals surface area (Å²) in [6.07, 6.45) is 1.68. The molecule has 0 amide bonds. The molecule has 0 aliphatic rings. The smallest absolute Gasteiger partial charge is 0.0671 e. The molecule has 0 saturated heterocycles. The monoisotopic (exact) mass is 156 g/mol. The lowest BCUT2D eigenvalue weighted by atomic mass is 10.3. The maximum atomic E-state index is 8.22. The van der Waals surface area contributed by atoms with E-state index in [1.165, 1.54) is 0 Å². The molecule has 0 aromatic carbocycles. The summed E-state index contributed by atoms with van der Waals surface area (Å²) in [5.41, 5.74) is 0. The van der Waals surface area contributed by atoms with Gasteiger partial charge < -0.3 is 10.1 Å². The first-order valence-electron chi connectivity index (χ1n) is 3.94. The summed E-state index contributed by atoms with van der Waals surface area (Å²) in [5.74, 6) is 0. The van der Waals surface area contributed by atoms with Gasteiger partial charge in [-0.15, -0.1) is 0 Å². The minimum absolute atomic E-state index is 0.249. The first kappa shape index (κ1) is 10.4. The van der Waals surface area contributed by atoms with Crippen LogP contribution in [0.4, 0.5) is 0 Å². The summed E-state index contributed by atoms with van der Waals surface area (Å²) in [4.78, 5) is 0. The zero-order valence-corrected chi connectivity index (χ0v) is 7.26. The van der Waals surface area contributed by atoms with E-state index in [0.29, 0.717) is 13.0 Å².